The second kappa shape index (κ2) is 21.1. The number of nitriles is 3. The molecule has 0 radical (unpaired) electrons. The zero-order chi connectivity index (χ0) is 58.2. The summed E-state index contributed by atoms with van der Waals surface area (Å²) in [4.78, 5) is 43.2. The van der Waals surface area contributed by atoms with E-state index < -0.39 is 17.9 Å². The highest BCUT2D eigenvalue weighted by atomic mass is 16.4. The van der Waals surface area contributed by atoms with Crippen LogP contribution in [-0.4, -0.2) is 51.4 Å². The Bertz CT molecular complexity index is 3730. The fourth-order valence-corrected chi connectivity index (χ4v) is 15.2. The number of nitrogens with zero attached hydrogens (tertiary/aromatic N) is 6. The highest BCUT2D eigenvalue weighted by Gasteiger charge is 2.45. The van der Waals surface area contributed by atoms with Gasteiger partial charge in [0.1, 0.15) is 34.9 Å². The van der Waals surface area contributed by atoms with Crippen molar-refractivity contribution in [3.8, 4) is 51.6 Å². The minimum atomic E-state index is -1.22. The Morgan fingerprint density at radius 2 is 0.631 bits per heavy atom. The number of hydrogen-bond donors (Lipinski definition) is 3. The van der Waals surface area contributed by atoms with Gasteiger partial charge in [0, 0.05) is 70.0 Å². The molecule has 3 heterocycles. The third-order valence-electron chi connectivity index (χ3n) is 19.3. The molecule has 3 aliphatic heterocycles. The van der Waals surface area contributed by atoms with Crippen molar-refractivity contribution >= 4 is 68.8 Å². The molecule has 6 unspecified atom stereocenters. The number of allylic oxidation sites excluding steroid dienone is 3. The van der Waals surface area contributed by atoms with Crippen LogP contribution in [0.15, 0.2) is 162 Å². The summed E-state index contributed by atoms with van der Waals surface area (Å²) in [5.74, 6) is -2.77. The average Bonchev–Trinajstić information content (AvgIpc) is 2.71. The van der Waals surface area contributed by atoms with Gasteiger partial charge in [-0.05, 0) is 234 Å². The molecule has 0 amide bonds. The fraction of sp³-hybridized carbons (Fsp3) is 0.250. The van der Waals surface area contributed by atoms with Crippen molar-refractivity contribution < 1.29 is 29.7 Å². The lowest BCUT2D eigenvalue weighted by molar-refractivity contribution is -0.133. The van der Waals surface area contributed by atoms with Crippen LogP contribution in [0.5, 0.6) is 0 Å². The van der Waals surface area contributed by atoms with Crippen LogP contribution in [0.4, 0.5) is 34.1 Å². The third-order valence-corrected chi connectivity index (χ3v) is 19.3. The molecule has 3 fully saturated rings. The molecule has 3 N–H and O–H groups in total. The lowest BCUT2D eigenvalue weighted by Crippen LogP contribution is -2.26. The normalized spacial score (nSPS) is 21.4. The lowest BCUT2D eigenvalue weighted by atomic mass is 9.93. The van der Waals surface area contributed by atoms with Crippen LogP contribution in [0.3, 0.4) is 0 Å². The maximum Gasteiger partial charge on any atom is 0.346 e. The van der Waals surface area contributed by atoms with Crippen molar-refractivity contribution in [3.63, 3.8) is 0 Å². The van der Waals surface area contributed by atoms with E-state index in [-0.39, 0.29) is 34.8 Å². The van der Waals surface area contributed by atoms with Crippen LogP contribution >= 0.6 is 0 Å². The second-order valence-electron chi connectivity index (χ2n) is 23.4. The molecule has 0 aromatic heterocycles. The topological polar surface area (TPSA) is 193 Å². The number of hydrogen-bond acceptors (Lipinski definition) is 9. The monoisotopic (exact) mass is 1100 g/mol. The molecular weight excluding hydrogens is 1040 g/mol. The van der Waals surface area contributed by atoms with Gasteiger partial charge < -0.3 is 30.0 Å². The maximum absolute atomic E-state index is 11.9. The van der Waals surface area contributed by atoms with E-state index >= 15 is 0 Å². The minimum Gasteiger partial charge on any atom is -0.477 e. The molecule has 6 aliphatic rings. The van der Waals surface area contributed by atoms with Crippen LogP contribution in [-0.2, 0) is 14.4 Å². The van der Waals surface area contributed by atoms with Gasteiger partial charge in [-0.2, -0.15) is 15.8 Å². The highest BCUT2D eigenvalue weighted by Crippen LogP contribution is 2.56. The number of fused-ring (bicyclic) bond motifs is 9. The van der Waals surface area contributed by atoms with Crippen LogP contribution in [0.25, 0.3) is 50.1 Å². The van der Waals surface area contributed by atoms with Gasteiger partial charge in [-0.1, -0.05) is 73.9 Å². The van der Waals surface area contributed by atoms with E-state index in [2.05, 4.69) is 142 Å². The summed E-state index contributed by atoms with van der Waals surface area (Å²) in [6.07, 6.45) is 9.52. The standard InChI is InChI=1S/C72H60N6O6/c1-40(61(37-73)70(79)80)46-19-28-67-58(34-46)55-7-4-10-64(55)76(67)52-22-13-43(14-23-52)49-31-50(44-15-24-53(25-16-44)77-65-11-5-8-56(65)59-35-47(20-29-68(59)77)41(2)62(38-74)71(81)82)33-51(32-49)45-17-26-54(27-18-45)78-66-12-6-9-57(66)60-36-48(21-30-69(60)78)42(3)63(39-75)72(83)84/h13-36,55-57,64-66H,4-12H2,1-3H3,(H,79,80)(H,81,82)(H,83,84)/b61-40-,62-41-,63-42+. The summed E-state index contributed by atoms with van der Waals surface area (Å²) < 4.78 is 0. The van der Waals surface area contributed by atoms with E-state index in [4.69, 9.17) is 0 Å². The van der Waals surface area contributed by atoms with Crippen molar-refractivity contribution in [1.82, 2.24) is 0 Å². The van der Waals surface area contributed by atoms with E-state index in [0.717, 1.165) is 142 Å². The lowest BCUT2D eigenvalue weighted by Gasteiger charge is -2.28. The summed E-state index contributed by atoms with van der Waals surface area (Å²) in [5.41, 5.74) is 19.5. The Morgan fingerprint density at radius 1 is 0.369 bits per heavy atom. The Morgan fingerprint density at radius 3 is 0.869 bits per heavy atom. The number of rotatable bonds is 12. The smallest absolute Gasteiger partial charge is 0.346 e. The first-order valence-electron chi connectivity index (χ1n) is 29.0. The van der Waals surface area contributed by atoms with Crippen molar-refractivity contribution in [1.29, 1.82) is 15.8 Å². The summed E-state index contributed by atoms with van der Waals surface area (Å²) in [5, 5.41) is 58.3. The van der Waals surface area contributed by atoms with E-state index in [1.807, 2.05) is 36.4 Å². The summed E-state index contributed by atoms with van der Waals surface area (Å²) in [6.45, 7) is 5.13. The van der Waals surface area contributed by atoms with E-state index in [1.165, 1.54) is 16.7 Å². The Labute approximate surface area is 488 Å². The predicted octanol–water partition coefficient (Wildman–Crippen LogP) is 16.2. The number of benzene rings is 7. The van der Waals surface area contributed by atoms with Gasteiger partial charge in [0.15, 0.2) is 0 Å². The van der Waals surface area contributed by atoms with Crippen molar-refractivity contribution in [2.45, 2.75) is 114 Å². The Balaban J connectivity index is 0.859. The van der Waals surface area contributed by atoms with Gasteiger partial charge >= 0.3 is 17.9 Å². The molecule has 12 nitrogen and oxygen atoms in total. The first-order valence-corrected chi connectivity index (χ1v) is 29.0. The number of carboxylic acids is 3. The van der Waals surface area contributed by atoms with Gasteiger partial charge in [-0.25, -0.2) is 14.4 Å². The van der Waals surface area contributed by atoms with Crippen LogP contribution in [0, 0.1) is 34.0 Å². The highest BCUT2D eigenvalue weighted by molar-refractivity contribution is 6.02. The zero-order valence-corrected chi connectivity index (χ0v) is 46.9. The number of carbonyl (C=O) groups is 3. The first kappa shape index (κ1) is 53.4. The number of carboxylic acid groups (broad SMARTS) is 3. The van der Waals surface area contributed by atoms with Crippen LogP contribution < -0.4 is 14.7 Å². The first-order chi connectivity index (χ1) is 40.7. The average molecular weight is 1110 g/mol. The molecule has 0 bridgehead atoms. The van der Waals surface area contributed by atoms with Crippen LogP contribution in [0.1, 0.15) is 130 Å². The van der Waals surface area contributed by atoms with Gasteiger partial charge in [0.2, 0.25) is 0 Å². The number of anilines is 6. The van der Waals surface area contributed by atoms with Crippen LogP contribution in [0.2, 0.25) is 0 Å². The SMILES string of the molecule is C/C(=C(\C#N)C(=O)O)c1ccc2c(c1)C1CCCC1N2c1ccc(-c2cc(-c3ccc(N4c5ccc(/C(C)=C(/C#N)C(=O)O)cc5C5CCCC54)cc3)cc(-c3ccc(N4c5ccc(/C(C)=C(\C#N)C(=O)O)cc5C5CCCC54)cc3)c2)cc1. The quantitative estimate of drug-likeness (QED) is 0.0776. The molecular formula is C72H60N6O6. The van der Waals surface area contributed by atoms with Gasteiger partial charge in [-0.15, -0.1) is 0 Å². The fourth-order valence-electron chi connectivity index (χ4n) is 15.2. The van der Waals surface area contributed by atoms with E-state index in [9.17, 15) is 45.5 Å². The van der Waals surface area contributed by atoms with Crippen molar-refractivity contribution in [2.24, 2.45) is 0 Å². The molecule has 13 rings (SSSR count). The molecule has 12 heteroatoms. The zero-order valence-electron chi connectivity index (χ0n) is 46.9. The molecule has 0 saturated heterocycles. The van der Waals surface area contributed by atoms with Crippen molar-refractivity contribution in [3.05, 3.63) is 196 Å². The van der Waals surface area contributed by atoms with Gasteiger partial charge in [0.05, 0.1) is 0 Å². The molecule has 0 spiro atoms. The molecule has 7 aromatic carbocycles. The maximum atomic E-state index is 11.9. The summed E-state index contributed by atoms with van der Waals surface area (Å²) in [7, 11) is 0. The Kier molecular flexibility index (Phi) is 13.4. The molecule has 7 aromatic rings. The molecule has 6 atom stereocenters. The molecule has 84 heavy (non-hydrogen) atoms. The largest absolute Gasteiger partial charge is 0.477 e. The second-order valence-corrected chi connectivity index (χ2v) is 23.4. The third kappa shape index (κ3) is 8.82. The molecule has 414 valence electrons. The summed E-state index contributed by atoms with van der Waals surface area (Å²) in [6, 6.07) is 58.2. The minimum absolute atomic E-state index is 0.244. The van der Waals surface area contributed by atoms with E-state index in [1.54, 1.807) is 20.8 Å². The molecule has 3 aliphatic carbocycles. The molecule has 3 saturated carbocycles. The van der Waals surface area contributed by atoms with Crippen molar-refractivity contribution in [2.75, 3.05) is 14.7 Å². The predicted molar refractivity (Wildman–Crippen MR) is 327 cm³/mol. The van der Waals surface area contributed by atoms with E-state index in [0.29, 0.717) is 34.5 Å². The number of aliphatic carboxylic acids is 3. The van der Waals surface area contributed by atoms with Gasteiger partial charge in [-0.3, -0.25) is 0 Å². The Hall–Kier alpha value is -9.96. The summed E-state index contributed by atoms with van der Waals surface area (Å²) >= 11 is 0. The van der Waals surface area contributed by atoms with Gasteiger partial charge in [0.25, 0.3) is 0 Å².